The third kappa shape index (κ3) is 4.02. The topological polar surface area (TPSA) is 123 Å². The van der Waals surface area contributed by atoms with Crippen molar-refractivity contribution < 1.29 is 9.85 Å². The molecule has 0 amide bonds. The van der Waals surface area contributed by atoms with Gasteiger partial charge in [0.2, 0.25) is 0 Å². The Morgan fingerprint density at radius 1 is 1.07 bits per heavy atom. The SMILES string of the molecule is N#C/C(=C\c1cccc([N+](=O)[O-])c1)c1nc(-c2cccc([N+](=O)[O-])c2)cs1. The monoisotopic (exact) mass is 378 g/mol. The summed E-state index contributed by atoms with van der Waals surface area (Å²) < 4.78 is 0. The van der Waals surface area contributed by atoms with Crippen LogP contribution in [0.4, 0.5) is 11.4 Å². The standard InChI is InChI=1S/C18H10N4O4S/c19-10-14(7-12-3-1-5-15(8-12)21(23)24)18-20-17(11-27-18)13-4-2-6-16(9-13)22(25)26/h1-9,11H/b14-7+. The van der Waals surface area contributed by atoms with Crippen LogP contribution >= 0.6 is 11.3 Å². The van der Waals surface area contributed by atoms with Crippen LogP contribution < -0.4 is 0 Å². The van der Waals surface area contributed by atoms with Crippen molar-refractivity contribution in [1.82, 2.24) is 4.98 Å². The zero-order valence-electron chi connectivity index (χ0n) is 13.6. The van der Waals surface area contributed by atoms with Crippen LogP contribution in [0.5, 0.6) is 0 Å². The molecule has 0 aliphatic heterocycles. The summed E-state index contributed by atoms with van der Waals surface area (Å²) in [6.45, 7) is 0. The number of hydrogen-bond acceptors (Lipinski definition) is 7. The van der Waals surface area contributed by atoms with Gasteiger partial charge in [-0.05, 0) is 11.6 Å². The summed E-state index contributed by atoms with van der Waals surface area (Å²) in [4.78, 5) is 25.2. The van der Waals surface area contributed by atoms with Gasteiger partial charge in [-0.15, -0.1) is 11.3 Å². The van der Waals surface area contributed by atoms with Crippen LogP contribution in [0.3, 0.4) is 0 Å². The lowest BCUT2D eigenvalue weighted by Crippen LogP contribution is -1.89. The lowest BCUT2D eigenvalue weighted by molar-refractivity contribution is -0.385. The molecule has 1 heterocycles. The van der Waals surface area contributed by atoms with Crippen molar-refractivity contribution in [2.75, 3.05) is 0 Å². The number of rotatable bonds is 5. The van der Waals surface area contributed by atoms with Crippen LogP contribution in [0.2, 0.25) is 0 Å². The minimum absolute atomic E-state index is 0.0466. The van der Waals surface area contributed by atoms with Gasteiger partial charge in [-0.25, -0.2) is 4.98 Å². The summed E-state index contributed by atoms with van der Waals surface area (Å²) in [6.07, 6.45) is 1.52. The molecule has 0 bridgehead atoms. The Balaban J connectivity index is 1.96. The first-order chi connectivity index (χ1) is 13.0. The molecule has 9 heteroatoms. The minimum Gasteiger partial charge on any atom is -0.258 e. The number of hydrogen-bond donors (Lipinski definition) is 0. The molecule has 0 saturated heterocycles. The van der Waals surface area contributed by atoms with E-state index in [1.165, 1.54) is 47.7 Å². The number of nitriles is 1. The highest BCUT2D eigenvalue weighted by Crippen LogP contribution is 2.29. The largest absolute Gasteiger partial charge is 0.270 e. The molecular weight excluding hydrogens is 368 g/mol. The highest BCUT2D eigenvalue weighted by Gasteiger charge is 2.13. The van der Waals surface area contributed by atoms with Gasteiger partial charge >= 0.3 is 0 Å². The molecule has 3 aromatic rings. The van der Waals surface area contributed by atoms with E-state index in [0.717, 1.165) is 0 Å². The predicted octanol–water partition coefficient (Wildman–Crippen LogP) is 4.69. The molecule has 0 spiro atoms. The lowest BCUT2D eigenvalue weighted by Gasteiger charge is -1.98. The molecule has 132 valence electrons. The van der Waals surface area contributed by atoms with Crippen molar-refractivity contribution in [3.63, 3.8) is 0 Å². The summed E-state index contributed by atoms with van der Waals surface area (Å²) in [5.74, 6) is 0. The summed E-state index contributed by atoms with van der Waals surface area (Å²) in [5.41, 5.74) is 1.72. The van der Waals surface area contributed by atoms with E-state index in [2.05, 4.69) is 4.98 Å². The maximum Gasteiger partial charge on any atom is 0.270 e. The summed E-state index contributed by atoms with van der Waals surface area (Å²) in [6, 6.07) is 14.0. The molecule has 0 atom stereocenters. The molecule has 0 unspecified atom stereocenters. The number of nitro benzene ring substituents is 2. The Morgan fingerprint density at radius 2 is 1.74 bits per heavy atom. The molecular formula is C18H10N4O4S. The van der Waals surface area contributed by atoms with Crippen LogP contribution in [-0.2, 0) is 0 Å². The Hall–Kier alpha value is -3.90. The maximum absolute atomic E-state index is 10.9. The van der Waals surface area contributed by atoms with Gasteiger partial charge in [0.05, 0.1) is 21.1 Å². The van der Waals surface area contributed by atoms with Crippen molar-refractivity contribution >= 4 is 34.4 Å². The van der Waals surface area contributed by atoms with Crippen LogP contribution in [0.1, 0.15) is 10.6 Å². The van der Waals surface area contributed by atoms with E-state index in [9.17, 15) is 25.5 Å². The fourth-order valence-electron chi connectivity index (χ4n) is 2.35. The third-order valence-electron chi connectivity index (χ3n) is 3.60. The molecule has 0 radical (unpaired) electrons. The van der Waals surface area contributed by atoms with E-state index in [1.807, 2.05) is 6.07 Å². The second kappa shape index (κ2) is 7.55. The van der Waals surface area contributed by atoms with E-state index in [1.54, 1.807) is 23.6 Å². The van der Waals surface area contributed by atoms with Crippen molar-refractivity contribution in [1.29, 1.82) is 5.26 Å². The van der Waals surface area contributed by atoms with Crippen LogP contribution in [-0.4, -0.2) is 14.8 Å². The molecule has 0 aliphatic rings. The van der Waals surface area contributed by atoms with Gasteiger partial charge in [0, 0.05) is 35.2 Å². The van der Waals surface area contributed by atoms with Gasteiger partial charge in [0.15, 0.2) is 0 Å². The molecule has 2 aromatic carbocycles. The van der Waals surface area contributed by atoms with Gasteiger partial charge in [-0.3, -0.25) is 20.2 Å². The lowest BCUT2D eigenvalue weighted by atomic mass is 10.1. The summed E-state index contributed by atoms with van der Waals surface area (Å²) >= 11 is 1.22. The van der Waals surface area contributed by atoms with Gasteiger partial charge in [0.1, 0.15) is 11.1 Å². The number of nitro groups is 2. The van der Waals surface area contributed by atoms with Crippen molar-refractivity contribution in [2.45, 2.75) is 0 Å². The Morgan fingerprint density at radius 3 is 2.41 bits per heavy atom. The minimum atomic E-state index is -0.507. The third-order valence-corrected chi connectivity index (χ3v) is 4.48. The fraction of sp³-hybridized carbons (Fsp3) is 0. The molecule has 0 fully saturated rings. The second-order valence-electron chi connectivity index (χ2n) is 5.37. The maximum atomic E-state index is 10.9. The van der Waals surface area contributed by atoms with Crippen molar-refractivity contribution in [3.05, 3.63) is 84.7 Å². The summed E-state index contributed by atoms with van der Waals surface area (Å²) in [7, 11) is 0. The first-order valence-corrected chi connectivity index (χ1v) is 8.43. The van der Waals surface area contributed by atoms with Gasteiger partial charge in [-0.2, -0.15) is 5.26 Å². The first kappa shape index (κ1) is 17.9. The van der Waals surface area contributed by atoms with Crippen LogP contribution in [0.25, 0.3) is 22.9 Å². The summed E-state index contributed by atoms with van der Waals surface area (Å²) in [5, 5.41) is 33.4. The van der Waals surface area contributed by atoms with E-state index in [0.29, 0.717) is 21.8 Å². The Labute approximate surface area is 157 Å². The molecule has 27 heavy (non-hydrogen) atoms. The van der Waals surface area contributed by atoms with Gasteiger partial charge < -0.3 is 0 Å². The van der Waals surface area contributed by atoms with Crippen LogP contribution in [0.15, 0.2) is 53.9 Å². The van der Waals surface area contributed by atoms with Gasteiger partial charge in [-0.1, -0.05) is 24.3 Å². The highest BCUT2D eigenvalue weighted by atomic mass is 32.1. The van der Waals surface area contributed by atoms with E-state index in [-0.39, 0.29) is 16.9 Å². The fourth-order valence-corrected chi connectivity index (χ4v) is 3.14. The zero-order chi connectivity index (χ0) is 19.4. The van der Waals surface area contributed by atoms with Crippen molar-refractivity contribution in [3.8, 4) is 17.3 Å². The zero-order valence-corrected chi connectivity index (χ0v) is 14.4. The van der Waals surface area contributed by atoms with Crippen molar-refractivity contribution in [2.24, 2.45) is 0 Å². The molecule has 0 N–H and O–H groups in total. The average Bonchev–Trinajstić information content (AvgIpc) is 3.16. The molecule has 8 nitrogen and oxygen atoms in total. The molecule has 1 aromatic heterocycles. The first-order valence-electron chi connectivity index (χ1n) is 7.55. The number of allylic oxidation sites excluding steroid dienone is 1. The number of non-ortho nitro benzene ring substituents is 2. The number of benzene rings is 2. The second-order valence-corrected chi connectivity index (χ2v) is 6.23. The number of aromatic nitrogens is 1. The molecule has 3 rings (SSSR count). The predicted molar refractivity (Wildman–Crippen MR) is 101 cm³/mol. The average molecular weight is 378 g/mol. The highest BCUT2D eigenvalue weighted by molar-refractivity contribution is 7.11. The Kier molecular flexibility index (Phi) is 5.01. The molecule has 0 aliphatic carbocycles. The van der Waals surface area contributed by atoms with E-state index < -0.39 is 9.85 Å². The molecule has 0 saturated carbocycles. The Bertz CT molecular complexity index is 1110. The number of thiazole rings is 1. The van der Waals surface area contributed by atoms with Crippen LogP contribution in [0, 0.1) is 31.6 Å². The number of nitrogens with zero attached hydrogens (tertiary/aromatic N) is 4. The van der Waals surface area contributed by atoms with E-state index >= 15 is 0 Å². The normalized spacial score (nSPS) is 11.0. The van der Waals surface area contributed by atoms with E-state index in [4.69, 9.17) is 0 Å². The smallest absolute Gasteiger partial charge is 0.258 e. The quantitative estimate of drug-likeness (QED) is 0.360. The van der Waals surface area contributed by atoms with Gasteiger partial charge in [0.25, 0.3) is 11.4 Å².